The molecule has 2 rings (SSSR count). The highest BCUT2D eigenvalue weighted by Crippen LogP contribution is 2.44. The van der Waals surface area contributed by atoms with E-state index < -0.39 is 0 Å². The van der Waals surface area contributed by atoms with Crippen LogP contribution in [0.3, 0.4) is 0 Å². The van der Waals surface area contributed by atoms with Gasteiger partial charge in [0.05, 0.1) is 12.8 Å². The second-order valence-electron chi connectivity index (χ2n) is 5.23. The van der Waals surface area contributed by atoms with Crippen LogP contribution in [0, 0.1) is 11.8 Å². The molecule has 0 amide bonds. The lowest BCUT2D eigenvalue weighted by Crippen LogP contribution is -2.19. The number of methoxy groups -OCH3 is 1. The van der Waals surface area contributed by atoms with Gasteiger partial charge in [-0.25, -0.2) is 0 Å². The van der Waals surface area contributed by atoms with Crippen molar-refractivity contribution in [2.24, 2.45) is 11.8 Å². The van der Waals surface area contributed by atoms with Gasteiger partial charge in [-0.1, -0.05) is 39.3 Å². The molecule has 2 nitrogen and oxygen atoms in total. The van der Waals surface area contributed by atoms with Gasteiger partial charge in [0.2, 0.25) is 0 Å². The lowest BCUT2D eigenvalue weighted by molar-refractivity contribution is 0.321. The molecule has 94 valence electrons. The molecule has 2 unspecified atom stereocenters. The smallest absolute Gasteiger partial charge is 0.142 e. The molecule has 0 aliphatic carbocycles. The van der Waals surface area contributed by atoms with Gasteiger partial charge in [-0.05, 0) is 23.5 Å². The van der Waals surface area contributed by atoms with Crippen LogP contribution in [0.25, 0.3) is 0 Å². The summed E-state index contributed by atoms with van der Waals surface area (Å²) in [5, 5.41) is 3.51. The maximum absolute atomic E-state index is 5.42. The number of anilines is 1. The van der Waals surface area contributed by atoms with Crippen LogP contribution >= 0.6 is 0 Å². The van der Waals surface area contributed by atoms with Gasteiger partial charge in [-0.3, -0.25) is 0 Å². The van der Waals surface area contributed by atoms with Gasteiger partial charge in [-0.15, -0.1) is 0 Å². The zero-order chi connectivity index (χ0) is 12.4. The molecule has 1 heterocycles. The summed E-state index contributed by atoms with van der Waals surface area (Å²) < 4.78 is 5.42. The quantitative estimate of drug-likeness (QED) is 0.852. The Labute approximate surface area is 104 Å². The topological polar surface area (TPSA) is 21.3 Å². The second kappa shape index (κ2) is 4.99. The third-order valence-corrected chi connectivity index (χ3v) is 4.02. The summed E-state index contributed by atoms with van der Waals surface area (Å²) in [5.74, 6) is 3.08. The summed E-state index contributed by atoms with van der Waals surface area (Å²) in [7, 11) is 1.74. The van der Waals surface area contributed by atoms with Crippen molar-refractivity contribution in [3.8, 4) is 5.75 Å². The fourth-order valence-corrected chi connectivity index (χ4v) is 3.14. The van der Waals surface area contributed by atoms with Crippen LogP contribution in [0.1, 0.15) is 38.7 Å². The molecule has 0 bridgehead atoms. The molecule has 0 saturated carbocycles. The largest absolute Gasteiger partial charge is 0.495 e. The summed E-state index contributed by atoms with van der Waals surface area (Å²) in [4.78, 5) is 0. The zero-order valence-corrected chi connectivity index (χ0v) is 11.3. The van der Waals surface area contributed by atoms with Crippen LogP contribution in [0.4, 0.5) is 5.69 Å². The molecule has 0 aromatic heterocycles. The van der Waals surface area contributed by atoms with E-state index in [0.29, 0.717) is 5.92 Å². The molecule has 0 spiro atoms. The average Bonchev–Trinajstić information content (AvgIpc) is 2.73. The normalized spacial score (nSPS) is 19.9. The monoisotopic (exact) mass is 233 g/mol. The SMILES string of the molecule is CCC(C(C)C)C1CNc2c(OC)cccc21. The highest BCUT2D eigenvalue weighted by atomic mass is 16.5. The standard InChI is InChI=1S/C15H23NO/c1-5-11(10(2)3)13-9-16-15-12(13)7-6-8-14(15)17-4/h6-8,10-11,13,16H,5,9H2,1-4H3. The summed E-state index contributed by atoms with van der Waals surface area (Å²) in [6, 6.07) is 6.38. The second-order valence-corrected chi connectivity index (χ2v) is 5.23. The van der Waals surface area contributed by atoms with Gasteiger partial charge in [0, 0.05) is 12.5 Å². The van der Waals surface area contributed by atoms with E-state index in [2.05, 4.69) is 38.2 Å². The van der Waals surface area contributed by atoms with Gasteiger partial charge < -0.3 is 10.1 Å². The minimum atomic E-state index is 0.630. The van der Waals surface area contributed by atoms with Crippen LogP contribution in [0.5, 0.6) is 5.75 Å². The fourth-order valence-electron chi connectivity index (χ4n) is 3.14. The number of hydrogen-bond acceptors (Lipinski definition) is 2. The lowest BCUT2D eigenvalue weighted by atomic mass is 9.79. The minimum Gasteiger partial charge on any atom is -0.495 e. The van der Waals surface area contributed by atoms with Crippen molar-refractivity contribution in [2.45, 2.75) is 33.1 Å². The molecule has 1 aliphatic heterocycles. The number of rotatable bonds is 4. The summed E-state index contributed by atoms with van der Waals surface area (Å²) in [5.41, 5.74) is 2.64. The van der Waals surface area contributed by atoms with E-state index in [-0.39, 0.29) is 0 Å². The molecule has 1 aromatic carbocycles. The minimum absolute atomic E-state index is 0.630. The van der Waals surface area contributed by atoms with E-state index in [0.717, 1.165) is 24.1 Å². The number of hydrogen-bond donors (Lipinski definition) is 1. The average molecular weight is 233 g/mol. The molecule has 0 radical (unpaired) electrons. The van der Waals surface area contributed by atoms with Crippen LogP contribution in [-0.4, -0.2) is 13.7 Å². The Morgan fingerprint density at radius 2 is 2.18 bits per heavy atom. The molecule has 1 aliphatic rings. The molecule has 17 heavy (non-hydrogen) atoms. The Hall–Kier alpha value is -1.18. The van der Waals surface area contributed by atoms with Crippen LogP contribution in [0.15, 0.2) is 18.2 Å². The molecular formula is C15H23NO. The zero-order valence-electron chi connectivity index (χ0n) is 11.3. The first kappa shape index (κ1) is 12.3. The van der Waals surface area contributed by atoms with Crippen molar-refractivity contribution in [3.63, 3.8) is 0 Å². The Balaban J connectivity index is 2.33. The first-order chi connectivity index (χ1) is 8.19. The molecule has 2 heteroatoms. The van der Waals surface area contributed by atoms with Crippen LogP contribution in [-0.2, 0) is 0 Å². The Morgan fingerprint density at radius 1 is 1.41 bits per heavy atom. The molecule has 2 atom stereocenters. The maximum atomic E-state index is 5.42. The highest BCUT2D eigenvalue weighted by Gasteiger charge is 2.31. The Bertz CT molecular complexity index is 387. The summed E-state index contributed by atoms with van der Waals surface area (Å²) in [6.45, 7) is 7.99. The van der Waals surface area contributed by atoms with Crippen molar-refractivity contribution in [2.75, 3.05) is 19.0 Å². The van der Waals surface area contributed by atoms with Crippen LogP contribution < -0.4 is 10.1 Å². The first-order valence-corrected chi connectivity index (χ1v) is 6.59. The number of benzene rings is 1. The van der Waals surface area contributed by atoms with Gasteiger partial charge in [0.1, 0.15) is 5.75 Å². The first-order valence-electron chi connectivity index (χ1n) is 6.59. The molecule has 0 saturated heterocycles. The van der Waals surface area contributed by atoms with Gasteiger partial charge in [0.25, 0.3) is 0 Å². The number of fused-ring (bicyclic) bond motifs is 1. The van der Waals surface area contributed by atoms with E-state index in [1.54, 1.807) is 7.11 Å². The molecule has 1 aromatic rings. The van der Waals surface area contributed by atoms with Crippen molar-refractivity contribution >= 4 is 5.69 Å². The van der Waals surface area contributed by atoms with Gasteiger partial charge in [0.15, 0.2) is 0 Å². The molecular weight excluding hydrogens is 210 g/mol. The van der Waals surface area contributed by atoms with Crippen molar-refractivity contribution < 1.29 is 4.74 Å². The van der Waals surface area contributed by atoms with E-state index in [1.165, 1.54) is 17.7 Å². The number of para-hydroxylation sites is 1. The third-order valence-electron chi connectivity index (χ3n) is 4.02. The summed E-state index contributed by atoms with van der Waals surface area (Å²) in [6.07, 6.45) is 1.24. The number of ether oxygens (including phenoxy) is 1. The van der Waals surface area contributed by atoms with Crippen molar-refractivity contribution in [3.05, 3.63) is 23.8 Å². The Morgan fingerprint density at radius 3 is 2.76 bits per heavy atom. The van der Waals surface area contributed by atoms with Crippen molar-refractivity contribution in [1.82, 2.24) is 0 Å². The third kappa shape index (κ3) is 2.13. The van der Waals surface area contributed by atoms with E-state index in [4.69, 9.17) is 4.74 Å². The maximum Gasteiger partial charge on any atom is 0.142 e. The molecule has 1 N–H and O–H groups in total. The van der Waals surface area contributed by atoms with E-state index in [1.807, 2.05) is 6.07 Å². The van der Waals surface area contributed by atoms with E-state index >= 15 is 0 Å². The Kier molecular flexibility index (Phi) is 3.60. The number of nitrogens with one attached hydrogen (secondary N) is 1. The van der Waals surface area contributed by atoms with Crippen molar-refractivity contribution in [1.29, 1.82) is 0 Å². The molecule has 0 fully saturated rings. The van der Waals surface area contributed by atoms with E-state index in [9.17, 15) is 0 Å². The van der Waals surface area contributed by atoms with Gasteiger partial charge >= 0.3 is 0 Å². The fraction of sp³-hybridized carbons (Fsp3) is 0.600. The highest BCUT2D eigenvalue weighted by molar-refractivity contribution is 5.67. The lowest BCUT2D eigenvalue weighted by Gasteiger charge is -2.26. The predicted molar refractivity (Wildman–Crippen MR) is 72.8 cm³/mol. The predicted octanol–water partition coefficient (Wildman–Crippen LogP) is 3.89. The van der Waals surface area contributed by atoms with Crippen LogP contribution in [0.2, 0.25) is 0 Å². The summed E-state index contributed by atoms with van der Waals surface area (Å²) >= 11 is 0. The van der Waals surface area contributed by atoms with Gasteiger partial charge in [-0.2, -0.15) is 0 Å².